The van der Waals surface area contributed by atoms with E-state index in [1.54, 1.807) is 10.7 Å². The molecule has 0 saturated heterocycles. The molecule has 1 heterocycles. The fraction of sp³-hybridized carbons (Fsp3) is 0.667. The van der Waals surface area contributed by atoms with Gasteiger partial charge in [0.2, 0.25) is 0 Å². The van der Waals surface area contributed by atoms with Gasteiger partial charge < -0.3 is 15.9 Å². The molecule has 0 aliphatic heterocycles. The molecule has 1 rings (SSSR count). The van der Waals surface area contributed by atoms with Gasteiger partial charge in [-0.25, -0.2) is 0 Å². The molecule has 86 valence electrons. The lowest BCUT2D eigenvalue weighted by atomic mass is 10.4. The van der Waals surface area contributed by atoms with Gasteiger partial charge in [-0.15, -0.1) is 0 Å². The summed E-state index contributed by atoms with van der Waals surface area (Å²) in [7, 11) is 0. The molecule has 15 heavy (non-hydrogen) atoms. The van der Waals surface area contributed by atoms with Crippen LogP contribution in [-0.2, 0) is 6.54 Å². The van der Waals surface area contributed by atoms with E-state index in [0.29, 0.717) is 25.5 Å². The highest BCUT2D eigenvalue weighted by Crippen LogP contribution is 1.96. The minimum atomic E-state index is 0.0985. The van der Waals surface area contributed by atoms with Crippen LogP contribution in [0, 0.1) is 0 Å². The molecule has 0 aromatic carbocycles. The van der Waals surface area contributed by atoms with Crippen LogP contribution in [0.5, 0.6) is 0 Å². The van der Waals surface area contributed by atoms with Crippen LogP contribution < -0.4 is 5.73 Å². The lowest BCUT2D eigenvalue weighted by Crippen LogP contribution is -2.32. The first-order chi connectivity index (χ1) is 7.26. The number of hydrogen-bond donors (Lipinski definition) is 3. The second-order valence-corrected chi connectivity index (χ2v) is 3.29. The average Bonchev–Trinajstić information content (AvgIpc) is 2.61. The molecule has 0 spiro atoms. The van der Waals surface area contributed by atoms with E-state index in [2.05, 4.69) is 5.10 Å². The summed E-state index contributed by atoms with van der Waals surface area (Å²) < 4.78 is 1.75. The van der Waals surface area contributed by atoms with Crippen molar-refractivity contribution in [3.8, 4) is 0 Å². The summed E-state index contributed by atoms with van der Waals surface area (Å²) in [6, 6.07) is 1.74. The van der Waals surface area contributed by atoms with Gasteiger partial charge in [0.05, 0.1) is 19.8 Å². The molecule has 0 fully saturated rings. The summed E-state index contributed by atoms with van der Waals surface area (Å²) in [5.74, 6) is 0.505. The number of hydrogen-bond acceptors (Lipinski definition) is 5. The Balaban J connectivity index is 2.32. The van der Waals surface area contributed by atoms with Crippen molar-refractivity contribution in [2.24, 2.45) is 0 Å². The molecule has 0 aliphatic carbocycles. The van der Waals surface area contributed by atoms with E-state index in [0.717, 1.165) is 6.54 Å². The maximum atomic E-state index is 8.80. The summed E-state index contributed by atoms with van der Waals surface area (Å²) in [5, 5.41) is 21.6. The summed E-state index contributed by atoms with van der Waals surface area (Å²) in [5.41, 5.74) is 5.48. The molecule has 0 aliphatic rings. The third-order valence-electron chi connectivity index (χ3n) is 2.14. The molecule has 0 unspecified atom stereocenters. The molecular weight excluding hydrogens is 196 g/mol. The molecule has 0 bridgehead atoms. The Morgan fingerprint density at radius 1 is 1.27 bits per heavy atom. The van der Waals surface area contributed by atoms with Gasteiger partial charge in [-0.1, -0.05) is 0 Å². The Bertz CT molecular complexity index is 271. The molecule has 0 saturated carbocycles. The predicted molar refractivity (Wildman–Crippen MR) is 57.3 cm³/mol. The van der Waals surface area contributed by atoms with Gasteiger partial charge in [-0.3, -0.25) is 9.58 Å². The largest absolute Gasteiger partial charge is 0.395 e. The zero-order chi connectivity index (χ0) is 11.1. The van der Waals surface area contributed by atoms with Crippen molar-refractivity contribution in [3.05, 3.63) is 12.3 Å². The molecule has 1 aromatic heterocycles. The number of aliphatic hydroxyl groups is 2. The second-order valence-electron chi connectivity index (χ2n) is 3.29. The third-order valence-corrected chi connectivity index (χ3v) is 2.14. The van der Waals surface area contributed by atoms with E-state index in [9.17, 15) is 0 Å². The van der Waals surface area contributed by atoms with Crippen molar-refractivity contribution in [1.82, 2.24) is 14.7 Å². The number of aromatic nitrogens is 2. The zero-order valence-corrected chi connectivity index (χ0v) is 8.71. The molecular formula is C9H18N4O2. The van der Waals surface area contributed by atoms with Gasteiger partial charge in [0.15, 0.2) is 0 Å². The van der Waals surface area contributed by atoms with Crippen molar-refractivity contribution < 1.29 is 10.2 Å². The zero-order valence-electron chi connectivity index (χ0n) is 8.71. The van der Waals surface area contributed by atoms with Crippen molar-refractivity contribution in [2.75, 3.05) is 38.6 Å². The van der Waals surface area contributed by atoms with Crippen LogP contribution in [0.1, 0.15) is 0 Å². The van der Waals surface area contributed by atoms with Gasteiger partial charge in [0, 0.05) is 25.8 Å². The topological polar surface area (TPSA) is 87.5 Å². The Hall–Kier alpha value is -1.11. The first kappa shape index (κ1) is 12.0. The molecule has 6 heteroatoms. The molecule has 1 aromatic rings. The van der Waals surface area contributed by atoms with Crippen molar-refractivity contribution in [1.29, 1.82) is 0 Å². The maximum Gasteiger partial charge on any atom is 0.145 e. The van der Waals surface area contributed by atoms with Gasteiger partial charge in [-0.05, 0) is 6.07 Å². The van der Waals surface area contributed by atoms with Crippen LogP contribution in [0.25, 0.3) is 0 Å². The SMILES string of the molecule is Nc1ccn(CCN(CCO)CCO)n1. The Kier molecular flexibility index (Phi) is 5.09. The average molecular weight is 214 g/mol. The predicted octanol–water partition coefficient (Wildman–Crippen LogP) is -1.25. The number of rotatable bonds is 7. The Labute approximate surface area is 88.9 Å². The van der Waals surface area contributed by atoms with E-state index < -0.39 is 0 Å². The van der Waals surface area contributed by atoms with Gasteiger partial charge in [-0.2, -0.15) is 5.10 Å². The molecule has 0 atom stereocenters. The quantitative estimate of drug-likeness (QED) is 0.528. The van der Waals surface area contributed by atoms with E-state index in [1.165, 1.54) is 0 Å². The van der Waals surface area contributed by atoms with Gasteiger partial charge >= 0.3 is 0 Å². The van der Waals surface area contributed by atoms with Crippen LogP contribution in [0.15, 0.2) is 12.3 Å². The highest BCUT2D eigenvalue weighted by atomic mass is 16.3. The number of nitrogen functional groups attached to an aromatic ring is 1. The summed E-state index contributed by atoms with van der Waals surface area (Å²) >= 11 is 0. The van der Waals surface area contributed by atoms with Crippen LogP contribution in [0.3, 0.4) is 0 Å². The molecule has 4 N–H and O–H groups in total. The van der Waals surface area contributed by atoms with Crippen LogP contribution in [0.4, 0.5) is 5.82 Å². The van der Waals surface area contributed by atoms with Gasteiger partial charge in [0.1, 0.15) is 5.82 Å². The lowest BCUT2D eigenvalue weighted by Gasteiger charge is -2.19. The van der Waals surface area contributed by atoms with Crippen LogP contribution >= 0.6 is 0 Å². The highest BCUT2D eigenvalue weighted by Gasteiger charge is 2.03. The van der Waals surface area contributed by atoms with Crippen molar-refractivity contribution in [2.45, 2.75) is 6.54 Å². The first-order valence-corrected chi connectivity index (χ1v) is 4.99. The summed E-state index contributed by atoms with van der Waals surface area (Å²) in [6.45, 7) is 2.77. The van der Waals surface area contributed by atoms with Crippen LogP contribution in [-0.4, -0.2) is 57.7 Å². The second kappa shape index (κ2) is 6.39. The fourth-order valence-electron chi connectivity index (χ4n) is 1.36. The van der Waals surface area contributed by atoms with E-state index in [-0.39, 0.29) is 13.2 Å². The normalized spacial score (nSPS) is 11.1. The standard InChI is InChI=1S/C9H18N4O2/c10-9-1-2-13(11-9)4-3-12(5-7-14)6-8-15/h1-2,14-15H,3-8H2,(H2,10,11). The summed E-state index contributed by atoms with van der Waals surface area (Å²) in [6.07, 6.45) is 1.81. The highest BCUT2D eigenvalue weighted by molar-refractivity contribution is 5.23. The Morgan fingerprint density at radius 2 is 1.93 bits per heavy atom. The Morgan fingerprint density at radius 3 is 2.40 bits per heavy atom. The van der Waals surface area contributed by atoms with E-state index in [1.807, 2.05) is 11.1 Å². The number of aliphatic hydroxyl groups excluding tert-OH is 2. The van der Waals surface area contributed by atoms with Gasteiger partial charge in [0.25, 0.3) is 0 Å². The van der Waals surface area contributed by atoms with E-state index >= 15 is 0 Å². The third kappa shape index (κ3) is 4.28. The smallest absolute Gasteiger partial charge is 0.145 e. The summed E-state index contributed by atoms with van der Waals surface area (Å²) in [4.78, 5) is 1.97. The monoisotopic (exact) mass is 214 g/mol. The number of nitrogens with zero attached hydrogens (tertiary/aromatic N) is 3. The van der Waals surface area contributed by atoms with Crippen LogP contribution in [0.2, 0.25) is 0 Å². The fourth-order valence-corrected chi connectivity index (χ4v) is 1.36. The lowest BCUT2D eigenvalue weighted by molar-refractivity contribution is 0.156. The molecule has 0 amide bonds. The maximum absolute atomic E-state index is 8.80. The number of anilines is 1. The molecule has 0 radical (unpaired) electrons. The molecule has 6 nitrogen and oxygen atoms in total. The minimum Gasteiger partial charge on any atom is -0.395 e. The van der Waals surface area contributed by atoms with Crippen molar-refractivity contribution >= 4 is 5.82 Å². The van der Waals surface area contributed by atoms with E-state index in [4.69, 9.17) is 15.9 Å². The van der Waals surface area contributed by atoms with Crippen molar-refractivity contribution in [3.63, 3.8) is 0 Å². The first-order valence-electron chi connectivity index (χ1n) is 4.99. The number of nitrogens with two attached hydrogens (primary N) is 1. The minimum absolute atomic E-state index is 0.0985.